The van der Waals surface area contributed by atoms with Gasteiger partial charge in [-0.05, 0) is 11.4 Å². The predicted molar refractivity (Wildman–Crippen MR) is 33.5 cm³/mol. The summed E-state index contributed by atoms with van der Waals surface area (Å²) in [5, 5.41) is 9.54. The van der Waals surface area contributed by atoms with Crippen molar-refractivity contribution < 1.29 is 5.21 Å². The Kier molecular flexibility index (Phi) is 2.15. The van der Waals surface area contributed by atoms with Gasteiger partial charge in [0, 0.05) is 0 Å². The van der Waals surface area contributed by atoms with Gasteiger partial charge in [0.2, 0.25) is 0 Å². The van der Waals surface area contributed by atoms with Crippen LogP contribution in [0, 0.1) is 0 Å². The Hall–Kier alpha value is -0.0000000000000000763. The molecule has 1 aliphatic heterocycles. The molecule has 0 aliphatic carbocycles. The van der Waals surface area contributed by atoms with Crippen LogP contribution in [0.1, 0.15) is 0 Å². The van der Waals surface area contributed by atoms with Crippen LogP contribution >= 0.6 is 23.2 Å². The Labute approximate surface area is 61.9 Å². The monoisotopic (exact) mass is 169 g/mol. The molecule has 1 unspecified atom stereocenters. The number of nitrogens with zero attached hydrogens (tertiary/aromatic N) is 1. The van der Waals surface area contributed by atoms with Crippen molar-refractivity contribution in [3.8, 4) is 0 Å². The fourth-order valence-electron chi connectivity index (χ4n) is 0.453. The van der Waals surface area contributed by atoms with E-state index >= 15 is 0 Å². The molecule has 0 saturated heterocycles. The van der Waals surface area contributed by atoms with Crippen molar-refractivity contribution >= 4 is 23.2 Å². The zero-order chi connectivity index (χ0) is 6.85. The van der Waals surface area contributed by atoms with Crippen LogP contribution in [0.3, 0.4) is 0 Å². The van der Waals surface area contributed by atoms with Crippen LogP contribution in [0.25, 0.3) is 0 Å². The standard InChI is InChI=1S/C3H5Cl2N3O/c4-2-1-3(5)7-8(9)6-2/h1-2,6-7,9H. The highest BCUT2D eigenvalue weighted by atomic mass is 35.5. The maximum absolute atomic E-state index is 8.65. The Balaban J connectivity index is 2.56. The lowest BCUT2D eigenvalue weighted by Crippen LogP contribution is -2.50. The van der Waals surface area contributed by atoms with Crippen molar-refractivity contribution in [2.75, 3.05) is 0 Å². The molecule has 0 aromatic heterocycles. The largest absolute Gasteiger partial charge is 0.281 e. The molecule has 3 N–H and O–H groups in total. The highest BCUT2D eigenvalue weighted by Gasteiger charge is 2.12. The van der Waals surface area contributed by atoms with E-state index in [0.717, 1.165) is 0 Å². The molecule has 0 aromatic rings. The molecule has 1 rings (SSSR count). The van der Waals surface area contributed by atoms with Gasteiger partial charge in [-0.3, -0.25) is 10.6 Å². The highest BCUT2D eigenvalue weighted by molar-refractivity contribution is 6.30. The molecule has 1 heterocycles. The number of alkyl halides is 1. The number of nitrogens with one attached hydrogen (secondary N) is 2. The number of hydrogen-bond donors (Lipinski definition) is 3. The summed E-state index contributed by atoms with van der Waals surface area (Å²) in [6.07, 6.45) is 1.51. The first-order chi connectivity index (χ1) is 4.18. The minimum atomic E-state index is -0.469. The average molecular weight is 170 g/mol. The second kappa shape index (κ2) is 2.72. The smallest absolute Gasteiger partial charge is 0.121 e. The molecular weight excluding hydrogens is 165 g/mol. The lowest BCUT2D eigenvalue weighted by molar-refractivity contribution is -0.175. The van der Waals surface area contributed by atoms with Crippen LogP contribution in [0.2, 0.25) is 0 Å². The average Bonchev–Trinajstić information content (AvgIpc) is 1.59. The van der Waals surface area contributed by atoms with Gasteiger partial charge in [-0.1, -0.05) is 23.2 Å². The first-order valence-electron chi connectivity index (χ1n) is 2.22. The molecule has 4 nitrogen and oxygen atoms in total. The third-order valence-corrected chi connectivity index (χ3v) is 1.19. The summed E-state index contributed by atoms with van der Waals surface area (Å²) in [7, 11) is 0. The predicted octanol–water partition coefficient (Wildman–Crippen LogP) is 0.345. The molecule has 0 bridgehead atoms. The Morgan fingerprint density at radius 1 is 1.78 bits per heavy atom. The molecule has 0 fully saturated rings. The third kappa shape index (κ3) is 2.00. The van der Waals surface area contributed by atoms with Crippen LogP contribution in [-0.2, 0) is 0 Å². The number of rotatable bonds is 0. The fourth-order valence-corrected chi connectivity index (χ4v) is 0.942. The van der Waals surface area contributed by atoms with Crippen LogP contribution in [0.15, 0.2) is 11.2 Å². The summed E-state index contributed by atoms with van der Waals surface area (Å²) < 4.78 is 0. The fraction of sp³-hybridized carbons (Fsp3) is 0.333. The van der Waals surface area contributed by atoms with E-state index in [1.165, 1.54) is 6.08 Å². The second-order valence-corrected chi connectivity index (χ2v) is 2.35. The van der Waals surface area contributed by atoms with Crippen molar-refractivity contribution in [2.24, 2.45) is 0 Å². The van der Waals surface area contributed by atoms with Crippen molar-refractivity contribution in [1.29, 1.82) is 0 Å². The molecule has 0 aromatic carbocycles. The van der Waals surface area contributed by atoms with Gasteiger partial charge < -0.3 is 0 Å². The molecule has 0 radical (unpaired) electrons. The zero-order valence-corrected chi connectivity index (χ0v) is 5.82. The Morgan fingerprint density at radius 2 is 2.44 bits per heavy atom. The maximum atomic E-state index is 8.65. The molecular formula is C3H5Cl2N3O. The zero-order valence-electron chi connectivity index (χ0n) is 4.31. The van der Waals surface area contributed by atoms with Gasteiger partial charge in [0.05, 0.1) is 0 Å². The van der Waals surface area contributed by atoms with Crippen LogP contribution in [-0.4, -0.2) is 16.0 Å². The SMILES string of the molecule is ON1NC(Cl)=CC(Cl)N1. The van der Waals surface area contributed by atoms with Gasteiger partial charge in [0.15, 0.2) is 0 Å². The van der Waals surface area contributed by atoms with Crippen molar-refractivity contribution in [2.45, 2.75) is 5.50 Å². The lowest BCUT2D eigenvalue weighted by Gasteiger charge is -2.23. The molecule has 1 aliphatic rings. The molecule has 6 heteroatoms. The topological polar surface area (TPSA) is 47.5 Å². The molecule has 0 amide bonds. The molecule has 1 atom stereocenters. The van der Waals surface area contributed by atoms with Crippen molar-refractivity contribution in [3.05, 3.63) is 11.2 Å². The molecule has 0 saturated carbocycles. The van der Waals surface area contributed by atoms with Gasteiger partial charge >= 0.3 is 0 Å². The summed E-state index contributed by atoms with van der Waals surface area (Å²) in [4.78, 5) is 0. The summed E-state index contributed by atoms with van der Waals surface area (Å²) in [5.41, 5.74) is 4.25. The number of hydrazine groups is 2. The summed E-state index contributed by atoms with van der Waals surface area (Å²) in [6.45, 7) is 0. The quantitative estimate of drug-likeness (QED) is 0.362. The van der Waals surface area contributed by atoms with Crippen molar-refractivity contribution in [3.63, 3.8) is 0 Å². The first kappa shape index (κ1) is 7.11. The van der Waals surface area contributed by atoms with E-state index in [-0.39, 0.29) is 5.16 Å². The normalized spacial score (nSPS) is 29.2. The van der Waals surface area contributed by atoms with Gasteiger partial charge in [-0.25, -0.2) is 0 Å². The van der Waals surface area contributed by atoms with E-state index in [9.17, 15) is 0 Å². The minimum Gasteiger partial charge on any atom is -0.281 e. The van der Waals surface area contributed by atoms with E-state index in [4.69, 9.17) is 28.4 Å². The Morgan fingerprint density at radius 3 is 2.89 bits per heavy atom. The van der Waals surface area contributed by atoms with Crippen LogP contribution < -0.4 is 10.9 Å². The van der Waals surface area contributed by atoms with Gasteiger partial charge in [0.1, 0.15) is 10.7 Å². The third-order valence-electron chi connectivity index (χ3n) is 0.751. The second-order valence-electron chi connectivity index (χ2n) is 1.47. The van der Waals surface area contributed by atoms with Crippen molar-refractivity contribution in [1.82, 2.24) is 16.1 Å². The highest BCUT2D eigenvalue weighted by Crippen LogP contribution is 2.06. The molecule has 9 heavy (non-hydrogen) atoms. The van der Waals surface area contributed by atoms with Crippen LogP contribution in [0.4, 0.5) is 0 Å². The minimum absolute atomic E-state index is 0.288. The van der Waals surface area contributed by atoms with E-state index < -0.39 is 5.50 Å². The summed E-state index contributed by atoms with van der Waals surface area (Å²) >= 11 is 10.9. The maximum Gasteiger partial charge on any atom is 0.121 e. The van der Waals surface area contributed by atoms with Gasteiger partial charge in [0.25, 0.3) is 0 Å². The Bertz CT molecular complexity index is 139. The van der Waals surface area contributed by atoms with E-state index in [1.54, 1.807) is 0 Å². The van der Waals surface area contributed by atoms with E-state index in [1.807, 2.05) is 0 Å². The lowest BCUT2D eigenvalue weighted by atomic mass is 10.6. The number of hydrogen-bond acceptors (Lipinski definition) is 4. The van der Waals surface area contributed by atoms with Gasteiger partial charge in [-0.15, -0.1) is 0 Å². The number of halogens is 2. The van der Waals surface area contributed by atoms with Crippen LogP contribution in [0.5, 0.6) is 0 Å². The summed E-state index contributed by atoms with van der Waals surface area (Å²) in [5.74, 6) is 0. The summed E-state index contributed by atoms with van der Waals surface area (Å²) in [6, 6.07) is 0. The van der Waals surface area contributed by atoms with Gasteiger partial charge in [-0.2, -0.15) is 5.43 Å². The molecule has 0 spiro atoms. The first-order valence-corrected chi connectivity index (χ1v) is 3.03. The van der Waals surface area contributed by atoms with E-state index in [0.29, 0.717) is 5.28 Å². The molecule has 52 valence electrons. The van der Waals surface area contributed by atoms with E-state index in [2.05, 4.69) is 10.9 Å².